The van der Waals surface area contributed by atoms with Crippen LogP contribution in [0.2, 0.25) is 5.02 Å². The van der Waals surface area contributed by atoms with E-state index in [0.717, 1.165) is 9.32 Å². The van der Waals surface area contributed by atoms with E-state index in [1.54, 1.807) is 6.07 Å². The van der Waals surface area contributed by atoms with E-state index in [2.05, 4.69) is 22.6 Å². The molecule has 2 N–H and O–H groups in total. The third-order valence-electron chi connectivity index (χ3n) is 1.27. The third-order valence-corrected chi connectivity index (χ3v) is 2.39. The summed E-state index contributed by atoms with van der Waals surface area (Å²) in [5.41, 5.74) is 5.30. The molecule has 0 atom stereocenters. The summed E-state index contributed by atoms with van der Waals surface area (Å²) in [4.78, 5) is 0. The highest BCUT2D eigenvalue weighted by Gasteiger charge is 2.00. The zero-order valence-corrected chi connectivity index (χ0v) is 10.5. The monoisotopic (exact) mass is 333 g/mol. The quantitative estimate of drug-likeness (QED) is 0.863. The van der Waals surface area contributed by atoms with Crippen molar-refractivity contribution in [2.75, 3.05) is 13.2 Å². The van der Waals surface area contributed by atoms with Gasteiger partial charge >= 0.3 is 0 Å². The van der Waals surface area contributed by atoms with Crippen LogP contribution in [0.1, 0.15) is 0 Å². The predicted molar refractivity (Wildman–Crippen MR) is 66.0 cm³/mol. The van der Waals surface area contributed by atoms with Crippen LogP contribution in [-0.4, -0.2) is 13.2 Å². The van der Waals surface area contributed by atoms with Crippen molar-refractivity contribution in [2.24, 2.45) is 5.73 Å². The Morgan fingerprint density at radius 3 is 2.77 bits per heavy atom. The Kier molecular flexibility index (Phi) is 6.85. The molecule has 0 saturated carbocycles. The highest BCUT2D eigenvalue weighted by Crippen LogP contribution is 2.24. The molecule has 1 aromatic carbocycles. The molecule has 1 rings (SSSR count). The molecule has 0 amide bonds. The number of rotatable bonds is 3. The summed E-state index contributed by atoms with van der Waals surface area (Å²) in [6.07, 6.45) is 0. The van der Waals surface area contributed by atoms with E-state index in [4.69, 9.17) is 22.1 Å². The summed E-state index contributed by atoms with van der Waals surface area (Å²) >= 11 is 7.97. The minimum atomic E-state index is 0. The summed E-state index contributed by atoms with van der Waals surface area (Å²) in [6.45, 7) is 1.04. The fourth-order valence-electron chi connectivity index (χ4n) is 0.757. The van der Waals surface area contributed by atoms with Gasteiger partial charge < -0.3 is 10.5 Å². The van der Waals surface area contributed by atoms with Gasteiger partial charge in [0, 0.05) is 11.6 Å². The molecular formula is C8H10Cl2INO. The number of nitrogens with two attached hydrogens (primary N) is 1. The van der Waals surface area contributed by atoms with Crippen LogP contribution in [0.15, 0.2) is 18.2 Å². The molecule has 0 heterocycles. The summed E-state index contributed by atoms with van der Waals surface area (Å²) in [5, 5.41) is 0.683. The molecule has 0 saturated heterocycles. The topological polar surface area (TPSA) is 35.2 Å². The molecule has 0 aromatic heterocycles. The molecule has 13 heavy (non-hydrogen) atoms. The largest absolute Gasteiger partial charge is 0.491 e. The van der Waals surface area contributed by atoms with Crippen molar-refractivity contribution in [2.45, 2.75) is 0 Å². The van der Waals surface area contributed by atoms with Gasteiger partial charge in [0.1, 0.15) is 12.4 Å². The maximum atomic E-state index is 5.78. The number of halogens is 3. The van der Waals surface area contributed by atoms with Gasteiger partial charge in [-0.25, -0.2) is 0 Å². The zero-order chi connectivity index (χ0) is 8.97. The first-order valence-electron chi connectivity index (χ1n) is 3.52. The Balaban J connectivity index is 0.00000144. The van der Waals surface area contributed by atoms with Crippen molar-refractivity contribution in [3.63, 3.8) is 0 Å². The molecule has 0 fully saturated rings. The molecule has 0 aliphatic carbocycles. The van der Waals surface area contributed by atoms with Gasteiger partial charge in [-0.3, -0.25) is 0 Å². The lowest BCUT2D eigenvalue weighted by atomic mass is 10.3. The van der Waals surface area contributed by atoms with Crippen LogP contribution in [0.3, 0.4) is 0 Å². The standard InChI is InChI=1S/C8H9ClINO.ClH/c9-6-1-2-7(10)8(5-6)12-4-3-11;/h1-2,5H,3-4,11H2;1H. The molecule has 0 unspecified atom stereocenters. The summed E-state index contributed by atoms with van der Waals surface area (Å²) in [6, 6.07) is 5.53. The predicted octanol–water partition coefficient (Wildman–Crippen LogP) is 2.70. The summed E-state index contributed by atoms with van der Waals surface area (Å²) < 4.78 is 6.40. The molecule has 1 aromatic rings. The third kappa shape index (κ3) is 4.35. The first kappa shape index (κ1) is 13.3. The lowest BCUT2D eigenvalue weighted by Gasteiger charge is -2.06. The van der Waals surface area contributed by atoms with Gasteiger partial charge in [-0.15, -0.1) is 12.4 Å². The Bertz CT molecular complexity index is 270. The second-order valence-electron chi connectivity index (χ2n) is 2.21. The first-order valence-corrected chi connectivity index (χ1v) is 4.97. The molecule has 5 heteroatoms. The zero-order valence-electron chi connectivity index (χ0n) is 6.80. The highest BCUT2D eigenvalue weighted by molar-refractivity contribution is 14.1. The maximum absolute atomic E-state index is 5.78. The van der Waals surface area contributed by atoms with Crippen LogP contribution < -0.4 is 10.5 Å². The summed E-state index contributed by atoms with van der Waals surface area (Å²) in [7, 11) is 0. The van der Waals surface area contributed by atoms with Gasteiger partial charge in [0.15, 0.2) is 0 Å². The molecule has 0 bridgehead atoms. The lowest BCUT2D eigenvalue weighted by molar-refractivity contribution is 0.326. The molecule has 2 nitrogen and oxygen atoms in total. The molecule has 74 valence electrons. The van der Waals surface area contributed by atoms with Crippen LogP contribution in [-0.2, 0) is 0 Å². The fraction of sp³-hybridized carbons (Fsp3) is 0.250. The van der Waals surface area contributed by atoms with E-state index >= 15 is 0 Å². The van der Waals surface area contributed by atoms with Crippen molar-refractivity contribution < 1.29 is 4.74 Å². The molecule has 0 radical (unpaired) electrons. The van der Waals surface area contributed by atoms with Crippen LogP contribution in [0.4, 0.5) is 0 Å². The van der Waals surface area contributed by atoms with Crippen LogP contribution >= 0.6 is 46.6 Å². The van der Waals surface area contributed by atoms with Crippen molar-refractivity contribution in [3.05, 3.63) is 26.8 Å². The first-order chi connectivity index (χ1) is 5.74. The maximum Gasteiger partial charge on any atom is 0.134 e. The molecule has 0 spiro atoms. The Hall–Kier alpha value is 0.290. The average molecular weight is 334 g/mol. The smallest absolute Gasteiger partial charge is 0.134 e. The van der Waals surface area contributed by atoms with Gasteiger partial charge in [0.2, 0.25) is 0 Å². The van der Waals surface area contributed by atoms with Gasteiger partial charge in [0.25, 0.3) is 0 Å². The van der Waals surface area contributed by atoms with E-state index in [9.17, 15) is 0 Å². The van der Waals surface area contributed by atoms with Gasteiger partial charge in [0.05, 0.1) is 3.57 Å². The van der Waals surface area contributed by atoms with E-state index in [-0.39, 0.29) is 12.4 Å². The number of hydrogen-bond donors (Lipinski definition) is 1. The van der Waals surface area contributed by atoms with E-state index in [0.29, 0.717) is 18.2 Å². The lowest BCUT2D eigenvalue weighted by Crippen LogP contribution is -2.11. The highest BCUT2D eigenvalue weighted by atomic mass is 127. The average Bonchev–Trinajstić information content (AvgIpc) is 2.07. The normalized spacial score (nSPS) is 9.15. The van der Waals surface area contributed by atoms with Crippen molar-refractivity contribution in [1.82, 2.24) is 0 Å². The van der Waals surface area contributed by atoms with Crippen molar-refractivity contribution in [3.8, 4) is 5.75 Å². The van der Waals surface area contributed by atoms with Crippen LogP contribution in [0.5, 0.6) is 5.75 Å². The van der Waals surface area contributed by atoms with E-state index < -0.39 is 0 Å². The van der Waals surface area contributed by atoms with Crippen LogP contribution in [0.25, 0.3) is 0 Å². The Morgan fingerprint density at radius 2 is 2.15 bits per heavy atom. The number of ether oxygens (including phenoxy) is 1. The second kappa shape index (κ2) is 6.70. The molecule has 0 aliphatic rings. The minimum Gasteiger partial charge on any atom is -0.491 e. The Morgan fingerprint density at radius 1 is 1.46 bits per heavy atom. The van der Waals surface area contributed by atoms with Gasteiger partial charge in [-0.2, -0.15) is 0 Å². The van der Waals surface area contributed by atoms with Gasteiger partial charge in [-0.05, 0) is 40.8 Å². The molecule has 0 aliphatic heterocycles. The van der Waals surface area contributed by atoms with Crippen LogP contribution in [0, 0.1) is 3.57 Å². The van der Waals surface area contributed by atoms with Gasteiger partial charge in [-0.1, -0.05) is 11.6 Å². The van der Waals surface area contributed by atoms with Crippen molar-refractivity contribution in [1.29, 1.82) is 0 Å². The second-order valence-corrected chi connectivity index (χ2v) is 3.81. The van der Waals surface area contributed by atoms with Crippen molar-refractivity contribution >= 4 is 46.6 Å². The van der Waals surface area contributed by atoms with E-state index in [1.807, 2.05) is 12.1 Å². The SMILES string of the molecule is Cl.NCCOc1cc(Cl)ccc1I. The Labute approximate surface area is 102 Å². The number of benzene rings is 1. The molecular weight excluding hydrogens is 324 g/mol. The fourth-order valence-corrected chi connectivity index (χ4v) is 1.41. The number of hydrogen-bond acceptors (Lipinski definition) is 2. The van der Waals surface area contributed by atoms with E-state index in [1.165, 1.54) is 0 Å². The minimum absolute atomic E-state index is 0. The summed E-state index contributed by atoms with van der Waals surface area (Å²) in [5.74, 6) is 0.800.